The van der Waals surface area contributed by atoms with Gasteiger partial charge in [-0.15, -0.1) is 0 Å². The lowest BCUT2D eigenvalue weighted by atomic mass is 9.60. The number of carbonyl (C=O) groups is 3. The van der Waals surface area contributed by atoms with Crippen molar-refractivity contribution in [2.75, 3.05) is 27.3 Å². The maximum absolute atomic E-state index is 12.7. The van der Waals surface area contributed by atoms with Gasteiger partial charge >= 0.3 is 12.0 Å². The van der Waals surface area contributed by atoms with E-state index in [1.165, 1.54) is 7.11 Å². The van der Waals surface area contributed by atoms with E-state index in [2.05, 4.69) is 10.6 Å². The van der Waals surface area contributed by atoms with E-state index < -0.39 is 5.97 Å². The van der Waals surface area contributed by atoms with E-state index >= 15 is 0 Å². The number of rotatable bonds is 6. The monoisotopic (exact) mass is 437 g/mol. The molecule has 0 radical (unpaired) electrons. The third kappa shape index (κ3) is 4.54. The van der Waals surface area contributed by atoms with Crippen molar-refractivity contribution in [3.8, 4) is 5.75 Å². The van der Waals surface area contributed by atoms with Gasteiger partial charge in [0.05, 0.1) is 19.8 Å². The zero-order chi connectivity index (χ0) is 22.7. The molecular formula is C24H27N3O5. The van der Waals surface area contributed by atoms with Crippen molar-refractivity contribution in [3.63, 3.8) is 0 Å². The predicted molar refractivity (Wildman–Crippen MR) is 118 cm³/mol. The fourth-order valence-electron chi connectivity index (χ4n) is 4.49. The van der Waals surface area contributed by atoms with Gasteiger partial charge in [0, 0.05) is 36.7 Å². The van der Waals surface area contributed by atoms with Gasteiger partial charge in [0.2, 0.25) is 0 Å². The van der Waals surface area contributed by atoms with E-state index in [0.717, 1.165) is 24.2 Å². The molecule has 1 heterocycles. The van der Waals surface area contributed by atoms with Crippen molar-refractivity contribution < 1.29 is 23.9 Å². The molecular weight excluding hydrogens is 410 g/mol. The lowest BCUT2D eigenvalue weighted by Gasteiger charge is -2.59. The summed E-state index contributed by atoms with van der Waals surface area (Å²) in [5.74, 6) is 0.232. The van der Waals surface area contributed by atoms with Crippen LogP contribution in [0.5, 0.6) is 5.75 Å². The maximum atomic E-state index is 12.7. The zero-order valence-corrected chi connectivity index (χ0v) is 18.2. The van der Waals surface area contributed by atoms with Crippen LogP contribution in [-0.2, 0) is 11.3 Å². The number of benzene rings is 2. The Morgan fingerprint density at radius 2 is 1.72 bits per heavy atom. The summed E-state index contributed by atoms with van der Waals surface area (Å²) < 4.78 is 9.85. The van der Waals surface area contributed by atoms with Crippen LogP contribution in [0.3, 0.4) is 0 Å². The Kier molecular flexibility index (Phi) is 6.03. The lowest BCUT2D eigenvalue weighted by molar-refractivity contribution is -0.0585. The number of esters is 1. The summed E-state index contributed by atoms with van der Waals surface area (Å²) in [6.45, 7) is 1.78. The van der Waals surface area contributed by atoms with Gasteiger partial charge in [0.25, 0.3) is 5.91 Å². The second-order valence-corrected chi connectivity index (χ2v) is 8.51. The normalized spacial score (nSPS) is 16.5. The van der Waals surface area contributed by atoms with Crippen molar-refractivity contribution >= 4 is 17.9 Å². The molecule has 8 nitrogen and oxygen atoms in total. The van der Waals surface area contributed by atoms with Gasteiger partial charge in [-0.1, -0.05) is 18.2 Å². The zero-order valence-electron chi connectivity index (χ0n) is 18.2. The van der Waals surface area contributed by atoms with Crippen LogP contribution in [0.2, 0.25) is 0 Å². The molecule has 8 heteroatoms. The number of amides is 3. The molecule has 1 aliphatic heterocycles. The van der Waals surface area contributed by atoms with E-state index in [-0.39, 0.29) is 23.4 Å². The first kappa shape index (κ1) is 21.7. The van der Waals surface area contributed by atoms with Crippen molar-refractivity contribution in [1.29, 1.82) is 0 Å². The Balaban J connectivity index is 1.20. The molecule has 32 heavy (non-hydrogen) atoms. The van der Waals surface area contributed by atoms with Gasteiger partial charge in [-0.25, -0.2) is 9.59 Å². The highest BCUT2D eigenvalue weighted by molar-refractivity contribution is 5.98. The number of ether oxygens (including phenoxy) is 2. The summed E-state index contributed by atoms with van der Waals surface area (Å²) in [6.07, 6.45) is 1.71. The standard InChI is InChI=1S/C24H27N3O5/c1-31-20-8-6-16(7-9-20)13-25-23(30)26-19-11-24(12-19)14-27(15-24)21(28)17-4-3-5-18(10-17)22(29)32-2/h3-10,19H,11-15H2,1-2H3,(H2,25,26,30). The fourth-order valence-corrected chi connectivity index (χ4v) is 4.49. The lowest BCUT2D eigenvalue weighted by Crippen LogP contribution is -2.67. The Morgan fingerprint density at radius 3 is 2.38 bits per heavy atom. The molecule has 0 atom stereocenters. The topological polar surface area (TPSA) is 97.0 Å². The first-order valence-electron chi connectivity index (χ1n) is 10.6. The Hall–Kier alpha value is -3.55. The van der Waals surface area contributed by atoms with E-state index in [1.54, 1.807) is 36.3 Å². The Bertz CT molecular complexity index is 1010. The quantitative estimate of drug-likeness (QED) is 0.677. The van der Waals surface area contributed by atoms with E-state index in [1.807, 2.05) is 24.3 Å². The molecule has 1 aliphatic carbocycles. The molecule has 0 bridgehead atoms. The molecule has 3 amide bonds. The SMILES string of the molecule is COC(=O)c1cccc(C(=O)N2CC3(CC(NC(=O)NCc4ccc(OC)cc4)C3)C2)c1. The van der Waals surface area contributed by atoms with Gasteiger partial charge < -0.3 is 25.0 Å². The van der Waals surface area contributed by atoms with Crippen LogP contribution in [0, 0.1) is 5.41 Å². The number of methoxy groups -OCH3 is 2. The minimum Gasteiger partial charge on any atom is -0.497 e. The number of carbonyl (C=O) groups excluding carboxylic acids is 3. The van der Waals surface area contributed by atoms with Crippen LogP contribution in [0.25, 0.3) is 0 Å². The second kappa shape index (κ2) is 8.90. The third-order valence-electron chi connectivity index (χ3n) is 6.18. The first-order valence-corrected chi connectivity index (χ1v) is 10.6. The van der Waals surface area contributed by atoms with Crippen molar-refractivity contribution in [2.45, 2.75) is 25.4 Å². The van der Waals surface area contributed by atoms with Crippen LogP contribution < -0.4 is 15.4 Å². The molecule has 1 saturated carbocycles. The largest absolute Gasteiger partial charge is 0.497 e. The average Bonchev–Trinajstić information content (AvgIpc) is 2.77. The molecule has 0 aromatic heterocycles. The molecule has 2 aromatic rings. The number of hydrogen-bond acceptors (Lipinski definition) is 5. The summed E-state index contributed by atoms with van der Waals surface area (Å²) in [5, 5.41) is 5.88. The summed E-state index contributed by atoms with van der Waals surface area (Å²) in [7, 11) is 2.93. The fraction of sp³-hybridized carbons (Fsp3) is 0.375. The number of nitrogens with zero attached hydrogens (tertiary/aromatic N) is 1. The van der Waals surface area contributed by atoms with Crippen LogP contribution in [0.4, 0.5) is 4.79 Å². The highest BCUT2D eigenvalue weighted by Gasteiger charge is 2.54. The highest BCUT2D eigenvalue weighted by Crippen LogP contribution is 2.48. The maximum Gasteiger partial charge on any atom is 0.337 e. The second-order valence-electron chi connectivity index (χ2n) is 8.51. The molecule has 168 valence electrons. The van der Waals surface area contributed by atoms with Crippen LogP contribution in [0.15, 0.2) is 48.5 Å². The van der Waals surface area contributed by atoms with E-state index in [4.69, 9.17) is 9.47 Å². The third-order valence-corrected chi connectivity index (χ3v) is 6.18. The molecule has 2 fully saturated rings. The molecule has 2 N–H and O–H groups in total. The Morgan fingerprint density at radius 1 is 1.03 bits per heavy atom. The average molecular weight is 437 g/mol. The molecule has 2 aliphatic rings. The highest BCUT2D eigenvalue weighted by atomic mass is 16.5. The summed E-state index contributed by atoms with van der Waals surface area (Å²) in [6, 6.07) is 14.1. The molecule has 2 aromatic carbocycles. The predicted octanol–water partition coefficient (Wildman–Crippen LogP) is 2.59. The summed E-state index contributed by atoms with van der Waals surface area (Å²) in [5.41, 5.74) is 1.93. The van der Waals surface area contributed by atoms with Crippen molar-refractivity contribution in [2.24, 2.45) is 5.41 Å². The van der Waals surface area contributed by atoms with Crippen LogP contribution in [-0.4, -0.2) is 56.2 Å². The van der Waals surface area contributed by atoms with Crippen molar-refractivity contribution in [3.05, 3.63) is 65.2 Å². The molecule has 1 saturated heterocycles. The smallest absolute Gasteiger partial charge is 0.337 e. The molecule has 1 spiro atoms. The number of nitrogens with one attached hydrogen (secondary N) is 2. The molecule has 4 rings (SSSR count). The van der Waals surface area contributed by atoms with Gasteiger partial charge in [-0.3, -0.25) is 4.79 Å². The van der Waals surface area contributed by atoms with Crippen molar-refractivity contribution in [1.82, 2.24) is 15.5 Å². The minimum absolute atomic E-state index is 0.0869. The number of urea groups is 1. The van der Waals surface area contributed by atoms with E-state index in [0.29, 0.717) is 30.8 Å². The van der Waals surface area contributed by atoms with Gasteiger partial charge in [-0.05, 0) is 48.7 Å². The van der Waals surface area contributed by atoms with Gasteiger partial charge in [0.15, 0.2) is 0 Å². The molecule has 0 unspecified atom stereocenters. The first-order chi connectivity index (χ1) is 15.4. The van der Waals surface area contributed by atoms with Gasteiger partial charge in [0.1, 0.15) is 5.75 Å². The summed E-state index contributed by atoms with van der Waals surface area (Å²) >= 11 is 0. The van der Waals surface area contributed by atoms with Crippen LogP contribution >= 0.6 is 0 Å². The number of likely N-dealkylation sites (tertiary alicyclic amines) is 1. The Labute approximate surface area is 186 Å². The van der Waals surface area contributed by atoms with Gasteiger partial charge in [-0.2, -0.15) is 0 Å². The van der Waals surface area contributed by atoms with Crippen LogP contribution in [0.1, 0.15) is 39.1 Å². The minimum atomic E-state index is -0.460. The van der Waals surface area contributed by atoms with E-state index in [9.17, 15) is 14.4 Å². The summed E-state index contributed by atoms with van der Waals surface area (Å²) in [4.78, 5) is 38.4. The number of hydrogen-bond donors (Lipinski definition) is 2.